The number of carboxylic acid groups (broad SMARTS) is 1. The van der Waals surface area contributed by atoms with Crippen LogP contribution < -0.4 is 5.32 Å². The number of amides is 2. The smallest absolute Gasteiger partial charge is 0.329 e. The number of nitrogens with one attached hydrogen (secondary N) is 1. The lowest BCUT2D eigenvalue weighted by atomic mass is 9.93. The lowest BCUT2D eigenvalue weighted by molar-refractivity contribution is -0.144. The summed E-state index contributed by atoms with van der Waals surface area (Å²) in [6.07, 6.45) is 0.774. The number of aliphatic carboxylic acids is 1. The van der Waals surface area contributed by atoms with Gasteiger partial charge in [-0.2, -0.15) is 11.8 Å². The van der Waals surface area contributed by atoms with Gasteiger partial charge in [-0.1, -0.05) is 27.7 Å². The van der Waals surface area contributed by atoms with Crippen LogP contribution in [-0.2, 0) is 4.79 Å². The Morgan fingerprint density at radius 2 is 1.74 bits per heavy atom. The van der Waals surface area contributed by atoms with Crippen molar-refractivity contribution < 1.29 is 14.7 Å². The van der Waals surface area contributed by atoms with Crippen molar-refractivity contribution >= 4 is 23.8 Å². The van der Waals surface area contributed by atoms with Gasteiger partial charge in [0.05, 0.1) is 0 Å². The van der Waals surface area contributed by atoms with Gasteiger partial charge in [0.2, 0.25) is 0 Å². The topological polar surface area (TPSA) is 69.6 Å². The monoisotopic (exact) mass is 288 g/mol. The molecule has 2 unspecified atom stereocenters. The number of hydrogen-bond acceptors (Lipinski definition) is 3. The summed E-state index contributed by atoms with van der Waals surface area (Å²) in [4.78, 5) is 25.4. The summed E-state index contributed by atoms with van der Waals surface area (Å²) in [5, 5.41) is 12.8. The molecule has 0 saturated carbocycles. The molecule has 2 atom stereocenters. The number of rotatable bonds is 4. The molecular weight excluding hydrogens is 264 g/mol. The van der Waals surface area contributed by atoms with E-state index in [2.05, 4.69) is 19.2 Å². The predicted octanol–water partition coefficient (Wildman–Crippen LogP) is 2.17. The molecule has 5 nitrogen and oxygen atoms in total. The second kappa shape index (κ2) is 6.50. The summed E-state index contributed by atoms with van der Waals surface area (Å²) in [6.45, 7) is 9.09. The van der Waals surface area contributed by atoms with Crippen molar-refractivity contribution in [3.05, 3.63) is 0 Å². The van der Waals surface area contributed by atoms with Crippen LogP contribution in [0, 0.1) is 0 Å². The molecule has 2 N–H and O–H groups in total. The number of carbonyl (C=O) groups excluding carboxylic acids is 1. The molecule has 1 aliphatic rings. The lowest BCUT2D eigenvalue weighted by Gasteiger charge is -2.37. The van der Waals surface area contributed by atoms with Crippen molar-refractivity contribution in [1.82, 2.24) is 10.2 Å². The second-order valence-corrected chi connectivity index (χ2v) is 7.07. The minimum Gasteiger partial charge on any atom is -0.480 e. The van der Waals surface area contributed by atoms with Crippen LogP contribution in [0.5, 0.6) is 0 Å². The van der Waals surface area contributed by atoms with Gasteiger partial charge in [0.15, 0.2) is 0 Å². The van der Waals surface area contributed by atoms with Crippen molar-refractivity contribution in [2.75, 3.05) is 13.1 Å². The van der Waals surface area contributed by atoms with E-state index in [1.54, 1.807) is 18.7 Å². The maximum atomic E-state index is 12.3. The Balaban J connectivity index is 2.74. The third kappa shape index (κ3) is 3.78. The molecule has 1 saturated heterocycles. The first kappa shape index (κ1) is 16.1. The summed E-state index contributed by atoms with van der Waals surface area (Å²) in [5.41, 5.74) is -1.14. The number of carboxylic acids is 1. The fourth-order valence-corrected chi connectivity index (χ4v) is 3.74. The van der Waals surface area contributed by atoms with Crippen LogP contribution in [-0.4, -0.2) is 51.1 Å². The largest absolute Gasteiger partial charge is 0.480 e. The number of hydrogen-bond donors (Lipinski definition) is 2. The van der Waals surface area contributed by atoms with E-state index in [0.29, 0.717) is 36.4 Å². The van der Waals surface area contributed by atoms with Gasteiger partial charge in [-0.05, 0) is 12.8 Å². The normalized spacial score (nSPS) is 24.1. The minimum absolute atomic E-state index is 0.259. The van der Waals surface area contributed by atoms with Gasteiger partial charge in [0.25, 0.3) is 0 Å². The third-order valence-corrected chi connectivity index (χ3v) is 4.90. The molecule has 0 radical (unpaired) electrons. The molecule has 1 heterocycles. The number of thioether (sulfide) groups is 1. The highest BCUT2D eigenvalue weighted by Gasteiger charge is 2.38. The maximum Gasteiger partial charge on any atom is 0.329 e. The zero-order valence-electron chi connectivity index (χ0n) is 12.1. The van der Waals surface area contributed by atoms with E-state index in [4.69, 9.17) is 0 Å². The van der Waals surface area contributed by atoms with Crippen molar-refractivity contribution in [2.45, 2.75) is 56.6 Å². The summed E-state index contributed by atoms with van der Waals surface area (Å²) in [6, 6.07) is -0.259. The quantitative estimate of drug-likeness (QED) is 0.832. The Bertz CT molecular complexity index is 335. The van der Waals surface area contributed by atoms with Crippen molar-refractivity contribution in [1.29, 1.82) is 0 Å². The van der Waals surface area contributed by atoms with Gasteiger partial charge in [-0.25, -0.2) is 9.59 Å². The zero-order chi connectivity index (χ0) is 14.6. The van der Waals surface area contributed by atoms with Crippen LogP contribution in [0.1, 0.15) is 40.5 Å². The fraction of sp³-hybridized carbons (Fsp3) is 0.846. The molecule has 0 spiro atoms. The Labute approximate surface area is 119 Å². The molecule has 0 aliphatic carbocycles. The standard InChI is InChI=1S/C13H24N2O3S/c1-5-13(6-2,11(16)17)14-12(18)15-7-9(3)19-10(4)8-15/h9-10H,5-8H2,1-4H3,(H,14,18)(H,16,17). The first-order valence-corrected chi connectivity index (χ1v) is 7.74. The highest BCUT2D eigenvalue weighted by Crippen LogP contribution is 2.25. The van der Waals surface area contributed by atoms with E-state index in [-0.39, 0.29) is 6.03 Å². The van der Waals surface area contributed by atoms with Gasteiger partial charge in [0.1, 0.15) is 5.54 Å². The van der Waals surface area contributed by atoms with E-state index < -0.39 is 11.5 Å². The van der Waals surface area contributed by atoms with E-state index >= 15 is 0 Å². The van der Waals surface area contributed by atoms with Gasteiger partial charge >= 0.3 is 12.0 Å². The molecule has 19 heavy (non-hydrogen) atoms. The molecule has 6 heteroatoms. The van der Waals surface area contributed by atoms with Crippen LogP contribution >= 0.6 is 11.8 Å². The summed E-state index contributed by atoms with van der Waals surface area (Å²) >= 11 is 1.86. The van der Waals surface area contributed by atoms with Crippen LogP contribution in [0.3, 0.4) is 0 Å². The Kier molecular flexibility index (Phi) is 5.52. The molecule has 1 rings (SSSR count). The molecular formula is C13H24N2O3S. The fourth-order valence-electron chi connectivity index (χ4n) is 2.41. The van der Waals surface area contributed by atoms with Crippen molar-refractivity contribution in [3.63, 3.8) is 0 Å². The van der Waals surface area contributed by atoms with Gasteiger partial charge < -0.3 is 15.3 Å². The lowest BCUT2D eigenvalue weighted by Crippen LogP contribution is -2.59. The molecule has 0 aromatic rings. The first-order chi connectivity index (χ1) is 8.84. The Hall–Kier alpha value is -0.910. The third-order valence-electron chi connectivity index (χ3n) is 3.67. The van der Waals surface area contributed by atoms with Gasteiger partial charge in [-0.3, -0.25) is 0 Å². The summed E-state index contributed by atoms with van der Waals surface area (Å²) in [7, 11) is 0. The number of nitrogens with zero attached hydrogens (tertiary/aromatic N) is 1. The van der Waals surface area contributed by atoms with E-state index in [1.807, 2.05) is 11.8 Å². The maximum absolute atomic E-state index is 12.3. The Morgan fingerprint density at radius 3 is 2.11 bits per heavy atom. The highest BCUT2D eigenvalue weighted by atomic mass is 32.2. The number of urea groups is 1. The average Bonchev–Trinajstić information content (AvgIpc) is 2.34. The van der Waals surface area contributed by atoms with E-state index in [1.165, 1.54) is 0 Å². The highest BCUT2D eigenvalue weighted by molar-refractivity contribution is 8.00. The average molecular weight is 288 g/mol. The van der Waals surface area contributed by atoms with Crippen LogP contribution in [0.2, 0.25) is 0 Å². The predicted molar refractivity (Wildman–Crippen MR) is 77.6 cm³/mol. The first-order valence-electron chi connectivity index (χ1n) is 6.80. The second-order valence-electron chi connectivity index (χ2n) is 5.19. The van der Waals surface area contributed by atoms with E-state index in [9.17, 15) is 14.7 Å². The summed E-state index contributed by atoms with van der Waals surface area (Å²) in [5.74, 6) is -0.960. The van der Waals surface area contributed by atoms with Crippen molar-refractivity contribution in [3.8, 4) is 0 Å². The Morgan fingerprint density at radius 1 is 1.26 bits per heavy atom. The summed E-state index contributed by atoms with van der Waals surface area (Å²) < 4.78 is 0. The molecule has 2 amide bonds. The molecule has 1 aliphatic heterocycles. The van der Waals surface area contributed by atoms with Crippen LogP contribution in [0.15, 0.2) is 0 Å². The molecule has 0 bridgehead atoms. The van der Waals surface area contributed by atoms with Gasteiger partial charge in [-0.15, -0.1) is 0 Å². The van der Waals surface area contributed by atoms with Crippen molar-refractivity contribution in [2.24, 2.45) is 0 Å². The minimum atomic E-state index is -1.14. The zero-order valence-corrected chi connectivity index (χ0v) is 12.9. The van der Waals surface area contributed by atoms with E-state index in [0.717, 1.165) is 0 Å². The molecule has 110 valence electrons. The SMILES string of the molecule is CCC(CC)(NC(=O)N1CC(C)SC(C)C1)C(=O)O. The molecule has 0 aromatic carbocycles. The van der Waals surface area contributed by atoms with Gasteiger partial charge in [0, 0.05) is 23.6 Å². The molecule has 1 fully saturated rings. The number of carbonyl (C=O) groups is 2. The molecule has 0 aromatic heterocycles. The van der Waals surface area contributed by atoms with Crippen LogP contribution in [0.4, 0.5) is 4.79 Å². The van der Waals surface area contributed by atoms with Crippen LogP contribution in [0.25, 0.3) is 0 Å².